The molecule has 1 N–H and O–H groups in total. The number of anilines is 1. The van der Waals surface area contributed by atoms with Crippen molar-refractivity contribution in [3.05, 3.63) is 49.1 Å². The van der Waals surface area contributed by atoms with Crippen LogP contribution >= 0.6 is 45.9 Å². The van der Waals surface area contributed by atoms with Gasteiger partial charge in [0.15, 0.2) is 0 Å². The zero-order valence-corrected chi connectivity index (χ0v) is 17.5. The number of nitrogens with one attached hydrogen (secondary N) is 1. The van der Waals surface area contributed by atoms with Gasteiger partial charge < -0.3 is 5.32 Å². The van der Waals surface area contributed by atoms with Crippen LogP contribution in [0.25, 0.3) is 10.1 Å². The van der Waals surface area contributed by atoms with Crippen molar-refractivity contribution in [3.63, 3.8) is 0 Å². The first-order valence-corrected chi connectivity index (χ1v) is 11.2. The van der Waals surface area contributed by atoms with Crippen LogP contribution in [0.3, 0.4) is 0 Å². The fraction of sp³-hybridized carbons (Fsp3) is 0.300. The number of amides is 1. The number of benzene rings is 1. The summed E-state index contributed by atoms with van der Waals surface area (Å²) in [5.74, 6) is -0.289. The van der Waals surface area contributed by atoms with Gasteiger partial charge in [-0.25, -0.2) is 0 Å². The molecule has 0 aliphatic heterocycles. The van der Waals surface area contributed by atoms with E-state index in [1.54, 1.807) is 6.07 Å². The third-order valence-electron chi connectivity index (χ3n) is 4.82. The van der Waals surface area contributed by atoms with Crippen molar-refractivity contribution in [1.82, 2.24) is 0 Å². The fourth-order valence-corrected chi connectivity index (χ4v) is 6.59. The molecule has 0 unspecified atom stereocenters. The molecule has 0 saturated heterocycles. The van der Waals surface area contributed by atoms with Crippen molar-refractivity contribution < 1.29 is 4.79 Å². The van der Waals surface area contributed by atoms with Gasteiger partial charge in [0, 0.05) is 15.0 Å². The van der Waals surface area contributed by atoms with Gasteiger partial charge in [-0.2, -0.15) is 5.26 Å². The summed E-state index contributed by atoms with van der Waals surface area (Å²) in [7, 11) is 0. The molecule has 4 rings (SSSR count). The maximum absolute atomic E-state index is 12.9. The van der Waals surface area contributed by atoms with E-state index in [2.05, 4.69) is 11.4 Å². The van der Waals surface area contributed by atoms with E-state index in [1.165, 1.54) is 40.4 Å². The van der Waals surface area contributed by atoms with Crippen molar-refractivity contribution in [2.75, 3.05) is 5.32 Å². The molecule has 0 fully saturated rings. The Kier molecular flexibility index (Phi) is 5.43. The van der Waals surface area contributed by atoms with Gasteiger partial charge in [-0.3, -0.25) is 4.79 Å². The second-order valence-corrected chi connectivity index (χ2v) is 9.49. The van der Waals surface area contributed by atoms with Crippen LogP contribution in [-0.4, -0.2) is 5.91 Å². The van der Waals surface area contributed by atoms with Crippen molar-refractivity contribution in [3.8, 4) is 6.07 Å². The van der Waals surface area contributed by atoms with Crippen molar-refractivity contribution in [2.24, 2.45) is 0 Å². The van der Waals surface area contributed by atoms with Crippen LogP contribution in [0.5, 0.6) is 0 Å². The molecule has 2 heterocycles. The number of aryl methyl sites for hydroxylation is 1. The molecule has 2 aromatic heterocycles. The largest absolute Gasteiger partial charge is 0.312 e. The fourth-order valence-electron chi connectivity index (χ4n) is 3.50. The monoisotopic (exact) mass is 434 g/mol. The van der Waals surface area contributed by atoms with Crippen LogP contribution in [-0.2, 0) is 12.8 Å². The lowest BCUT2D eigenvalue weighted by Crippen LogP contribution is -2.10. The van der Waals surface area contributed by atoms with Gasteiger partial charge >= 0.3 is 0 Å². The molecule has 138 valence electrons. The van der Waals surface area contributed by atoms with Gasteiger partial charge in [0.25, 0.3) is 5.91 Å². The van der Waals surface area contributed by atoms with E-state index in [9.17, 15) is 10.1 Å². The Bertz CT molecular complexity index is 1080. The van der Waals surface area contributed by atoms with Crippen LogP contribution in [0.4, 0.5) is 5.00 Å². The predicted molar refractivity (Wildman–Crippen MR) is 115 cm³/mol. The minimum atomic E-state index is -0.289. The Morgan fingerprint density at radius 1 is 1.11 bits per heavy atom. The summed E-state index contributed by atoms with van der Waals surface area (Å²) < 4.78 is 0.872. The number of fused-ring (bicyclic) bond motifs is 2. The zero-order chi connectivity index (χ0) is 19.0. The number of carbonyl (C=O) groups is 1. The number of nitrogens with zero attached hydrogens (tertiary/aromatic N) is 1. The molecule has 3 aromatic rings. The summed E-state index contributed by atoms with van der Waals surface area (Å²) in [5, 5.41) is 14.9. The van der Waals surface area contributed by atoms with E-state index < -0.39 is 0 Å². The normalized spacial score (nSPS) is 14.3. The Morgan fingerprint density at radius 3 is 2.63 bits per heavy atom. The molecule has 0 atom stereocenters. The van der Waals surface area contributed by atoms with Crippen LogP contribution in [0, 0.1) is 11.3 Å². The van der Waals surface area contributed by atoms with E-state index >= 15 is 0 Å². The summed E-state index contributed by atoms with van der Waals surface area (Å²) in [6.07, 6.45) is 6.52. The molecule has 7 heteroatoms. The van der Waals surface area contributed by atoms with Crippen LogP contribution < -0.4 is 5.32 Å². The Hall–Kier alpha value is -1.58. The molecule has 1 aliphatic rings. The number of rotatable bonds is 2. The molecule has 0 spiro atoms. The molecular weight excluding hydrogens is 419 g/mol. The highest BCUT2D eigenvalue weighted by molar-refractivity contribution is 7.22. The lowest BCUT2D eigenvalue weighted by atomic mass is 9.97. The van der Waals surface area contributed by atoms with E-state index in [4.69, 9.17) is 23.2 Å². The molecule has 27 heavy (non-hydrogen) atoms. The first-order chi connectivity index (χ1) is 13.1. The smallest absolute Gasteiger partial charge is 0.267 e. The van der Waals surface area contributed by atoms with E-state index in [0.29, 0.717) is 30.9 Å². The number of nitriles is 1. The highest BCUT2D eigenvalue weighted by Crippen LogP contribution is 2.41. The minimum Gasteiger partial charge on any atom is -0.312 e. The Labute approximate surface area is 175 Å². The van der Waals surface area contributed by atoms with Gasteiger partial charge in [0.1, 0.15) is 15.9 Å². The summed E-state index contributed by atoms with van der Waals surface area (Å²) in [5.41, 5.74) is 1.73. The highest BCUT2D eigenvalue weighted by Gasteiger charge is 2.23. The molecular formula is C20H16Cl2N2OS2. The van der Waals surface area contributed by atoms with Crippen LogP contribution in [0.15, 0.2) is 18.2 Å². The molecule has 0 saturated carbocycles. The molecule has 0 bridgehead atoms. The first kappa shape index (κ1) is 18.8. The number of hydrogen-bond acceptors (Lipinski definition) is 4. The molecule has 1 aliphatic carbocycles. The van der Waals surface area contributed by atoms with Gasteiger partial charge in [0.05, 0.1) is 15.6 Å². The first-order valence-electron chi connectivity index (χ1n) is 8.82. The van der Waals surface area contributed by atoms with Crippen LogP contribution in [0.1, 0.15) is 51.4 Å². The van der Waals surface area contributed by atoms with Crippen molar-refractivity contribution in [2.45, 2.75) is 38.5 Å². The minimum absolute atomic E-state index is 0.289. The topological polar surface area (TPSA) is 52.9 Å². The van der Waals surface area contributed by atoms with Gasteiger partial charge in [-0.15, -0.1) is 22.7 Å². The Morgan fingerprint density at radius 2 is 1.89 bits per heavy atom. The summed E-state index contributed by atoms with van der Waals surface area (Å²) in [4.78, 5) is 14.6. The SMILES string of the molecule is N#Cc1c(NC(=O)c2sc3cccc(Cl)c3c2Cl)sc2c1CCCCCC2. The standard InChI is InChI=1S/C20H16Cl2N2OS2/c21-13-7-5-9-15-16(13)17(22)18(26-15)19(25)24-20-12(10-23)11-6-3-1-2-4-8-14(11)27-20/h5,7,9H,1-4,6,8H2,(H,24,25). The predicted octanol–water partition coefficient (Wildman–Crippen LogP) is 7.05. The average Bonchev–Trinajstić information content (AvgIpc) is 3.13. The molecule has 0 radical (unpaired) electrons. The summed E-state index contributed by atoms with van der Waals surface area (Å²) in [6.45, 7) is 0. The average molecular weight is 435 g/mol. The molecule has 3 nitrogen and oxygen atoms in total. The number of hydrogen-bond donors (Lipinski definition) is 1. The number of thiophene rings is 2. The molecule has 1 aromatic carbocycles. The van der Waals surface area contributed by atoms with Gasteiger partial charge in [-0.05, 0) is 43.4 Å². The maximum Gasteiger partial charge on any atom is 0.267 e. The second-order valence-electron chi connectivity index (χ2n) is 6.55. The Balaban J connectivity index is 1.70. The van der Waals surface area contributed by atoms with E-state index in [-0.39, 0.29) is 5.91 Å². The van der Waals surface area contributed by atoms with Gasteiger partial charge in [0.2, 0.25) is 0 Å². The van der Waals surface area contributed by atoms with E-state index in [1.807, 2.05) is 12.1 Å². The van der Waals surface area contributed by atoms with Crippen molar-refractivity contribution in [1.29, 1.82) is 5.26 Å². The third kappa shape index (κ3) is 3.48. The highest BCUT2D eigenvalue weighted by atomic mass is 35.5. The maximum atomic E-state index is 12.9. The summed E-state index contributed by atoms with van der Waals surface area (Å²) in [6, 6.07) is 7.80. The number of carbonyl (C=O) groups excluding carboxylic acids is 1. The third-order valence-corrected chi connectivity index (χ3v) is 7.99. The lowest BCUT2D eigenvalue weighted by molar-refractivity contribution is 0.103. The molecule has 1 amide bonds. The summed E-state index contributed by atoms with van der Waals surface area (Å²) >= 11 is 15.5. The van der Waals surface area contributed by atoms with Crippen molar-refractivity contribution >= 4 is 66.9 Å². The van der Waals surface area contributed by atoms with Crippen LogP contribution in [0.2, 0.25) is 10.0 Å². The lowest BCUT2D eigenvalue weighted by Gasteiger charge is -2.08. The number of halogens is 2. The van der Waals surface area contributed by atoms with E-state index in [0.717, 1.165) is 35.9 Å². The second kappa shape index (κ2) is 7.81. The van der Waals surface area contributed by atoms with Gasteiger partial charge in [-0.1, -0.05) is 42.1 Å². The zero-order valence-electron chi connectivity index (χ0n) is 14.4. The quantitative estimate of drug-likeness (QED) is 0.469.